The van der Waals surface area contributed by atoms with Crippen molar-refractivity contribution in [3.63, 3.8) is 0 Å². The molecule has 1 atom stereocenters. The molecule has 1 aromatic rings. The molecular formula is C6H9N5O3. The van der Waals surface area contributed by atoms with Gasteiger partial charge in [0.05, 0.1) is 0 Å². The molecule has 0 saturated carbocycles. The van der Waals surface area contributed by atoms with Crippen LogP contribution in [0.15, 0.2) is 6.33 Å². The number of amides is 1. The van der Waals surface area contributed by atoms with Gasteiger partial charge in [-0.3, -0.25) is 9.59 Å². The highest BCUT2D eigenvalue weighted by Gasteiger charge is 2.14. The van der Waals surface area contributed by atoms with E-state index in [1.54, 1.807) is 0 Å². The number of carbonyl (C=O) groups excluding carboxylic acids is 1. The second-order valence-corrected chi connectivity index (χ2v) is 2.59. The van der Waals surface area contributed by atoms with Crippen molar-refractivity contribution in [3.05, 3.63) is 6.33 Å². The molecule has 1 amide bonds. The van der Waals surface area contributed by atoms with Crippen molar-refractivity contribution >= 4 is 11.9 Å². The smallest absolute Gasteiger partial charge is 0.325 e. The predicted octanol–water partition coefficient (Wildman–Crippen LogP) is -1.74. The van der Waals surface area contributed by atoms with Crippen LogP contribution in [0.25, 0.3) is 0 Å². The topological polar surface area (TPSA) is 110 Å². The van der Waals surface area contributed by atoms with E-state index in [4.69, 9.17) is 5.11 Å². The summed E-state index contributed by atoms with van der Waals surface area (Å²) in [6.45, 7) is 1.23. The molecule has 0 saturated heterocycles. The number of hydrogen-bond acceptors (Lipinski definition) is 5. The summed E-state index contributed by atoms with van der Waals surface area (Å²) >= 11 is 0. The molecule has 1 heterocycles. The highest BCUT2D eigenvalue weighted by Crippen LogP contribution is 1.83. The second-order valence-electron chi connectivity index (χ2n) is 2.59. The normalized spacial score (nSPS) is 12.1. The fourth-order valence-corrected chi connectivity index (χ4v) is 0.738. The van der Waals surface area contributed by atoms with Crippen molar-refractivity contribution in [1.82, 2.24) is 25.5 Å². The van der Waals surface area contributed by atoms with Crippen LogP contribution in [0.5, 0.6) is 0 Å². The molecule has 14 heavy (non-hydrogen) atoms. The summed E-state index contributed by atoms with van der Waals surface area (Å²) in [5.41, 5.74) is 0. The molecule has 8 heteroatoms. The third-order valence-corrected chi connectivity index (χ3v) is 1.42. The highest BCUT2D eigenvalue weighted by atomic mass is 16.4. The van der Waals surface area contributed by atoms with Crippen LogP contribution in [-0.4, -0.2) is 43.2 Å². The Morgan fingerprint density at radius 2 is 2.36 bits per heavy atom. The number of nitrogens with zero attached hydrogens (tertiary/aromatic N) is 4. The number of rotatable bonds is 4. The number of aromatic nitrogens is 4. The van der Waals surface area contributed by atoms with Crippen molar-refractivity contribution in [2.45, 2.75) is 19.5 Å². The van der Waals surface area contributed by atoms with Gasteiger partial charge in [-0.05, 0) is 12.1 Å². The zero-order valence-electron chi connectivity index (χ0n) is 7.41. The van der Waals surface area contributed by atoms with E-state index < -0.39 is 17.9 Å². The van der Waals surface area contributed by atoms with Crippen molar-refractivity contribution in [3.8, 4) is 0 Å². The number of aliphatic carboxylic acids is 1. The molecule has 1 rings (SSSR count). The van der Waals surface area contributed by atoms with Gasteiger partial charge in [-0.1, -0.05) is 0 Å². The summed E-state index contributed by atoms with van der Waals surface area (Å²) in [5, 5.41) is 21.2. The quantitative estimate of drug-likeness (QED) is 0.595. The van der Waals surface area contributed by atoms with Gasteiger partial charge in [-0.2, -0.15) is 4.80 Å². The largest absolute Gasteiger partial charge is 0.480 e. The molecule has 0 bridgehead atoms. The number of tetrazole rings is 1. The van der Waals surface area contributed by atoms with Crippen molar-refractivity contribution in [2.75, 3.05) is 0 Å². The third-order valence-electron chi connectivity index (χ3n) is 1.42. The molecule has 1 unspecified atom stereocenters. The maximum atomic E-state index is 11.1. The minimum Gasteiger partial charge on any atom is -0.480 e. The average molecular weight is 199 g/mol. The van der Waals surface area contributed by atoms with Crippen LogP contribution in [0.4, 0.5) is 0 Å². The number of carbonyl (C=O) groups is 2. The Labute approximate surface area is 78.9 Å². The Hall–Kier alpha value is -1.99. The SMILES string of the molecule is CC(NC(=O)Cn1ncnn1)C(=O)O. The Kier molecular flexibility index (Phi) is 3.10. The number of nitrogens with one attached hydrogen (secondary N) is 1. The molecule has 0 aliphatic rings. The Balaban J connectivity index is 2.40. The molecule has 8 nitrogen and oxygen atoms in total. The first-order valence-corrected chi connectivity index (χ1v) is 3.82. The van der Waals surface area contributed by atoms with Gasteiger partial charge in [0.25, 0.3) is 0 Å². The van der Waals surface area contributed by atoms with Gasteiger partial charge in [0.2, 0.25) is 5.91 Å². The van der Waals surface area contributed by atoms with E-state index in [-0.39, 0.29) is 6.54 Å². The van der Waals surface area contributed by atoms with Crippen molar-refractivity contribution < 1.29 is 14.7 Å². The lowest BCUT2D eigenvalue weighted by molar-refractivity contribution is -0.141. The number of carboxylic acid groups (broad SMARTS) is 1. The summed E-state index contributed by atoms with van der Waals surface area (Å²) in [5.74, 6) is -1.57. The zero-order valence-corrected chi connectivity index (χ0v) is 7.41. The monoisotopic (exact) mass is 199 g/mol. The molecule has 0 radical (unpaired) electrons. The molecule has 1 aromatic heterocycles. The Morgan fingerprint density at radius 3 is 2.86 bits per heavy atom. The van der Waals surface area contributed by atoms with Gasteiger partial charge >= 0.3 is 5.97 Å². The molecule has 2 N–H and O–H groups in total. The first-order chi connectivity index (χ1) is 6.59. The van der Waals surface area contributed by atoms with Crippen LogP contribution in [-0.2, 0) is 16.1 Å². The minimum atomic E-state index is -1.09. The molecule has 0 aliphatic heterocycles. The molecule has 0 aromatic carbocycles. The van der Waals surface area contributed by atoms with Gasteiger partial charge in [-0.15, -0.1) is 10.2 Å². The highest BCUT2D eigenvalue weighted by molar-refractivity contribution is 5.82. The first kappa shape index (κ1) is 10.1. The molecule has 0 fully saturated rings. The van der Waals surface area contributed by atoms with E-state index in [9.17, 15) is 9.59 Å². The van der Waals surface area contributed by atoms with Gasteiger partial charge in [0, 0.05) is 0 Å². The third kappa shape index (κ3) is 2.81. The summed E-state index contributed by atoms with van der Waals surface area (Å²) in [6.07, 6.45) is 1.19. The van der Waals surface area contributed by atoms with Crippen LogP contribution in [0, 0.1) is 0 Å². The summed E-state index contributed by atoms with van der Waals surface area (Å²) < 4.78 is 0. The molecule has 0 aliphatic carbocycles. The van der Waals surface area contributed by atoms with Crippen molar-refractivity contribution in [2.24, 2.45) is 0 Å². The Bertz CT molecular complexity index is 322. The van der Waals surface area contributed by atoms with E-state index in [1.807, 2.05) is 0 Å². The summed E-state index contributed by atoms with van der Waals surface area (Å²) in [4.78, 5) is 22.6. The fourth-order valence-electron chi connectivity index (χ4n) is 0.738. The van der Waals surface area contributed by atoms with Crippen LogP contribution < -0.4 is 5.32 Å². The van der Waals surface area contributed by atoms with Gasteiger partial charge in [0.15, 0.2) is 6.33 Å². The zero-order chi connectivity index (χ0) is 10.6. The molecular weight excluding hydrogens is 190 g/mol. The van der Waals surface area contributed by atoms with Gasteiger partial charge < -0.3 is 10.4 Å². The lowest BCUT2D eigenvalue weighted by Gasteiger charge is -2.07. The van der Waals surface area contributed by atoms with E-state index in [1.165, 1.54) is 13.3 Å². The fraction of sp³-hybridized carbons (Fsp3) is 0.500. The van der Waals surface area contributed by atoms with Gasteiger partial charge in [0.1, 0.15) is 12.6 Å². The van der Waals surface area contributed by atoms with Crippen LogP contribution in [0.3, 0.4) is 0 Å². The van der Waals surface area contributed by atoms with Gasteiger partial charge in [-0.25, -0.2) is 0 Å². The Morgan fingerprint density at radius 1 is 1.64 bits per heavy atom. The summed E-state index contributed by atoms with van der Waals surface area (Å²) in [7, 11) is 0. The maximum absolute atomic E-state index is 11.1. The lowest BCUT2D eigenvalue weighted by Crippen LogP contribution is -2.40. The predicted molar refractivity (Wildman–Crippen MR) is 43.1 cm³/mol. The molecule has 76 valence electrons. The number of hydrogen-bond donors (Lipinski definition) is 2. The van der Waals surface area contributed by atoms with E-state index in [0.717, 1.165) is 4.80 Å². The van der Waals surface area contributed by atoms with Crippen LogP contribution in [0.2, 0.25) is 0 Å². The lowest BCUT2D eigenvalue weighted by atomic mass is 10.3. The number of carboxylic acids is 1. The summed E-state index contributed by atoms with van der Waals surface area (Å²) in [6, 6.07) is -0.925. The second kappa shape index (κ2) is 4.30. The average Bonchev–Trinajstić information content (AvgIpc) is 2.56. The van der Waals surface area contributed by atoms with E-state index in [2.05, 4.69) is 20.7 Å². The first-order valence-electron chi connectivity index (χ1n) is 3.82. The maximum Gasteiger partial charge on any atom is 0.325 e. The van der Waals surface area contributed by atoms with Crippen LogP contribution >= 0.6 is 0 Å². The minimum absolute atomic E-state index is 0.141. The van der Waals surface area contributed by atoms with E-state index in [0.29, 0.717) is 0 Å². The molecule has 0 spiro atoms. The van der Waals surface area contributed by atoms with Crippen LogP contribution in [0.1, 0.15) is 6.92 Å². The standard InChI is InChI=1S/C6H9N5O3/c1-4(6(13)14)9-5(12)2-11-8-3-7-10-11/h3-4H,2H2,1H3,(H,9,12)(H,13,14). The van der Waals surface area contributed by atoms with Crippen molar-refractivity contribution in [1.29, 1.82) is 0 Å². The van der Waals surface area contributed by atoms with E-state index >= 15 is 0 Å².